The number of amides is 1. The minimum absolute atomic E-state index is 0.0828. The van der Waals surface area contributed by atoms with Crippen molar-refractivity contribution in [1.82, 2.24) is 10.2 Å². The zero-order valence-corrected chi connectivity index (χ0v) is 12.5. The molecule has 114 valence electrons. The molecule has 1 N–H and O–H groups in total. The van der Waals surface area contributed by atoms with Crippen LogP contribution in [-0.2, 0) is 4.79 Å². The van der Waals surface area contributed by atoms with Gasteiger partial charge >= 0.3 is 0 Å². The smallest absolute Gasteiger partial charge is 0.241 e. The summed E-state index contributed by atoms with van der Waals surface area (Å²) in [6.45, 7) is 2.14. The SMILES string of the molecule is CCCCC1NC(c2ccc(F)cc2)N(C2CCC2)C1=O. The fourth-order valence-electron chi connectivity index (χ4n) is 3.22. The lowest BCUT2D eigenvalue weighted by molar-refractivity contribution is -0.134. The van der Waals surface area contributed by atoms with Crippen LogP contribution in [0, 0.1) is 5.82 Å². The van der Waals surface area contributed by atoms with Gasteiger partial charge in [0.25, 0.3) is 0 Å². The molecular weight excluding hydrogens is 267 g/mol. The van der Waals surface area contributed by atoms with E-state index in [0.29, 0.717) is 6.04 Å². The van der Waals surface area contributed by atoms with Crippen LogP contribution in [0.25, 0.3) is 0 Å². The topological polar surface area (TPSA) is 32.3 Å². The van der Waals surface area contributed by atoms with Crippen molar-refractivity contribution in [3.05, 3.63) is 35.6 Å². The van der Waals surface area contributed by atoms with Crippen LogP contribution in [0.4, 0.5) is 4.39 Å². The van der Waals surface area contributed by atoms with Crippen molar-refractivity contribution in [2.45, 2.75) is 63.7 Å². The van der Waals surface area contributed by atoms with E-state index in [0.717, 1.165) is 37.7 Å². The molecule has 1 aliphatic heterocycles. The Morgan fingerprint density at radius 1 is 1.29 bits per heavy atom. The molecule has 1 amide bonds. The van der Waals surface area contributed by atoms with Crippen molar-refractivity contribution in [2.75, 3.05) is 0 Å². The number of hydrogen-bond donors (Lipinski definition) is 1. The van der Waals surface area contributed by atoms with Gasteiger partial charge < -0.3 is 4.90 Å². The molecule has 1 aliphatic carbocycles. The summed E-state index contributed by atoms with van der Waals surface area (Å²) in [7, 11) is 0. The van der Waals surface area contributed by atoms with Crippen molar-refractivity contribution in [1.29, 1.82) is 0 Å². The molecule has 1 aromatic rings. The van der Waals surface area contributed by atoms with Crippen LogP contribution in [0.2, 0.25) is 0 Å². The number of benzene rings is 1. The van der Waals surface area contributed by atoms with Gasteiger partial charge in [0.1, 0.15) is 12.0 Å². The van der Waals surface area contributed by atoms with E-state index in [9.17, 15) is 9.18 Å². The second kappa shape index (κ2) is 6.14. The molecular formula is C17H23FN2O. The number of carbonyl (C=O) groups excluding carboxylic acids is 1. The molecule has 1 heterocycles. The summed E-state index contributed by atoms with van der Waals surface area (Å²) in [5.74, 6) is -0.0109. The first-order valence-electron chi connectivity index (χ1n) is 8.04. The van der Waals surface area contributed by atoms with Crippen LogP contribution in [0.3, 0.4) is 0 Å². The van der Waals surface area contributed by atoms with Crippen LogP contribution in [-0.4, -0.2) is 22.9 Å². The maximum atomic E-state index is 13.1. The van der Waals surface area contributed by atoms with Crippen LogP contribution < -0.4 is 5.32 Å². The zero-order valence-electron chi connectivity index (χ0n) is 12.5. The fraction of sp³-hybridized carbons (Fsp3) is 0.588. The maximum Gasteiger partial charge on any atom is 0.241 e. The summed E-state index contributed by atoms with van der Waals surface area (Å²) in [5, 5.41) is 3.46. The summed E-state index contributed by atoms with van der Waals surface area (Å²) in [4.78, 5) is 14.7. The largest absolute Gasteiger partial charge is 0.319 e. The summed E-state index contributed by atoms with van der Waals surface area (Å²) in [5.41, 5.74) is 0.982. The Morgan fingerprint density at radius 2 is 2.00 bits per heavy atom. The highest BCUT2D eigenvalue weighted by Gasteiger charge is 2.44. The minimum atomic E-state index is -0.235. The first-order valence-corrected chi connectivity index (χ1v) is 8.04. The molecule has 3 rings (SSSR count). The van der Waals surface area contributed by atoms with E-state index in [4.69, 9.17) is 0 Å². The Balaban J connectivity index is 1.82. The average Bonchev–Trinajstić information content (AvgIpc) is 2.74. The average molecular weight is 290 g/mol. The van der Waals surface area contributed by atoms with E-state index in [2.05, 4.69) is 12.2 Å². The third kappa shape index (κ3) is 2.82. The third-order valence-corrected chi connectivity index (χ3v) is 4.69. The lowest BCUT2D eigenvalue weighted by atomic mass is 9.90. The summed E-state index contributed by atoms with van der Waals surface area (Å²) in [6, 6.07) is 6.79. The molecule has 2 fully saturated rings. The van der Waals surface area contributed by atoms with Gasteiger partial charge in [-0.1, -0.05) is 31.9 Å². The van der Waals surface area contributed by atoms with Gasteiger partial charge in [-0.3, -0.25) is 10.1 Å². The molecule has 2 atom stereocenters. The minimum Gasteiger partial charge on any atom is -0.319 e. The Kier molecular flexibility index (Phi) is 4.24. The van der Waals surface area contributed by atoms with Gasteiger partial charge in [0.05, 0.1) is 6.04 Å². The molecule has 1 saturated carbocycles. The van der Waals surface area contributed by atoms with Crippen molar-refractivity contribution >= 4 is 5.91 Å². The van der Waals surface area contributed by atoms with Crippen molar-refractivity contribution in [3.8, 4) is 0 Å². The molecule has 0 bridgehead atoms. The Bertz CT molecular complexity index is 498. The number of carbonyl (C=O) groups is 1. The van der Waals surface area contributed by atoms with E-state index in [1.165, 1.54) is 18.6 Å². The van der Waals surface area contributed by atoms with Crippen molar-refractivity contribution < 1.29 is 9.18 Å². The van der Waals surface area contributed by atoms with E-state index < -0.39 is 0 Å². The van der Waals surface area contributed by atoms with Gasteiger partial charge in [-0.2, -0.15) is 0 Å². The second-order valence-electron chi connectivity index (χ2n) is 6.15. The van der Waals surface area contributed by atoms with Gasteiger partial charge in [-0.25, -0.2) is 4.39 Å². The fourth-order valence-corrected chi connectivity index (χ4v) is 3.22. The van der Waals surface area contributed by atoms with Gasteiger partial charge in [0.15, 0.2) is 0 Å². The quantitative estimate of drug-likeness (QED) is 0.901. The highest BCUT2D eigenvalue weighted by Crippen LogP contribution is 2.36. The van der Waals surface area contributed by atoms with Crippen LogP contribution in [0.15, 0.2) is 24.3 Å². The first kappa shape index (κ1) is 14.5. The molecule has 1 aromatic carbocycles. The van der Waals surface area contributed by atoms with E-state index >= 15 is 0 Å². The predicted octanol–water partition coefficient (Wildman–Crippen LogP) is 3.37. The van der Waals surface area contributed by atoms with Crippen LogP contribution >= 0.6 is 0 Å². The molecule has 4 heteroatoms. The molecule has 2 unspecified atom stereocenters. The molecule has 0 spiro atoms. The van der Waals surface area contributed by atoms with Crippen LogP contribution in [0.1, 0.15) is 57.2 Å². The predicted molar refractivity (Wildman–Crippen MR) is 80.1 cm³/mol. The number of unbranched alkanes of at least 4 members (excludes halogenated alkanes) is 1. The zero-order chi connectivity index (χ0) is 14.8. The Morgan fingerprint density at radius 3 is 2.57 bits per heavy atom. The molecule has 1 saturated heterocycles. The molecule has 3 nitrogen and oxygen atoms in total. The standard InChI is InChI=1S/C17H23FN2O/c1-2-3-7-15-17(21)20(14-5-4-6-14)16(19-15)12-8-10-13(18)11-9-12/h8-11,14-16,19H,2-7H2,1H3. The van der Waals surface area contributed by atoms with Crippen LogP contribution in [0.5, 0.6) is 0 Å². The molecule has 2 aliphatic rings. The third-order valence-electron chi connectivity index (χ3n) is 4.69. The number of rotatable bonds is 5. The van der Waals surface area contributed by atoms with E-state index in [1.54, 1.807) is 12.1 Å². The van der Waals surface area contributed by atoms with E-state index in [1.807, 2.05) is 4.90 Å². The lowest BCUT2D eigenvalue weighted by Crippen LogP contribution is -2.44. The number of halogens is 1. The maximum absolute atomic E-state index is 13.1. The summed E-state index contributed by atoms with van der Waals surface area (Å²) < 4.78 is 13.1. The highest BCUT2D eigenvalue weighted by atomic mass is 19.1. The van der Waals surface area contributed by atoms with E-state index in [-0.39, 0.29) is 23.9 Å². The monoisotopic (exact) mass is 290 g/mol. The Hall–Kier alpha value is -1.42. The van der Waals surface area contributed by atoms with Gasteiger partial charge in [-0.05, 0) is 43.4 Å². The Labute approximate surface area is 125 Å². The second-order valence-corrected chi connectivity index (χ2v) is 6.15. The highest BCUT2D eigenvalue weighted by molar-refractivity contribution is 5.85. The number of nitrogens with zero attached hydrogens (tertiary/aromatic N) is 1. The lowest BCUT2D eigenvalue weighted by Gasteiger charge is -2.38. The molecule has 0 radical (unpaired) electrons. The normalized spacial score (nSPS) is 26.2. The summed E-state index contributed by atoms with van der Waals surface area (Å²) in [6.07, 6.45) is 6.32. The van der Waals surface area contributed by atoms with Gasteiger partial charge in [-0.15, -0.1) is 0 Å². The van der Waals surface area contributed by atoms with Gasteiger partial charge in [0, 0.05) is 6.04 Å². The van der Waals surface area contributed by atoms with Crippen molar-refractivity contribution in [3.63, 3.8) is 0 Å². The van der Waals surface area contributed by atoms with Gasteiger partial charge in [0.2, 0.25) is 5.91 Å². The first-order chi connectivity index (χ1) is 10.2. The number of hydrogen-bond acceptors (Lipinski definition) is 2. The molecule has 21 heavy (non-hydrogen) atoms. The molecule has 0 aromatic heterocycles. The van der Waals surface area contributed by atoms with Crippen molar-refractivity contribution in [2.24, 2.45) is 0 Å². The number of nitrogens with one attached hydrogen (secondary N) is 1. The summed E-state index contributed by atoms with van der Waals surface area (Å²) >= 11 is 0.